The number of rotatable bonds is 18. The van der Waals surface area contributed by atoms with Gasteiger partial charge in [-0.05, 0) is 102 Å². The van der Waals surface area contributed by atoms with Crippen molar-refractivity contribution in [3.05, 3.63) is 104 Å². The van der Waals surface area contributed by atoms with Gasteiger partial charge in [-0.15, -0.1) is 0 Å². The van der Waals surface area contributed by atoms with Crippen LogP contribution in [0.1, 0.15) is 86.6 Å². The van der Waals surface area contributed by atoms with Crippen molar-refractivity contribution in [3.63, 3.8) is 0 Å². The van der Waals surface area contributed by atoms with Gasteiger partial charge in [-0.3, -0.25) is 9.69 Å². The Morgan fingerprint density at radius 2 is 1.65 bits per heavy atom. The number of phenolic OH excluding ortho intramolecular Hbond substituents is 1. The van der Waals surface area contributed by atoms with Crippen LogP contribution in [0.5, 0.6) is 11.5 Å². The number of hydrogen-bond donors (Lipinski definition) is 5. The number of halogens is 1. The lowest BCUT2D eigenvalue weighted by Gasteiger charge is -2.50. The molecular weight excluding hydrogens is 724 g/mol. The van der Waals surface area contributed by atoms with E-state index in [4.69, 9.17) is 4.74 Å². The number of H-pyrrole nitrogens is 1. The Labute approximate surface area is 313 Å². The molecule has 7 rings (SSSR count). The van der Waals surface area contributed by atoms with Crippen LogP contribution in [-0.4, -0.2) is 81.6 Å². The predicted octanol–water partition coefficient (Wildman–Crippen LogP) is 7.59. The molecule has 3 fully saturated rings. The van der Waals surface area contributed by atoms with Crippen molar-refractivity contribution in [1.29, 1.82) is 0 Å². The highest BCUT2D eigenvalue weighted by molar-refractivity contribution is 9.10. The number of amides is 1. The molecule has 278 valence electrons. The van der Waals surface area contributed by atoms with Gasteiger partial charge < -0.3 is 35.3 Å². The lowest BCUT2D eigenvalue weighted by Crippen LogP contribution is -2.59. The summed E-state index contributed by atoms with van der Waals surface area (Å²) in [5.41, 5.74) is 2.57. The molecule has 3 saturated heterocycles. The van der Waals surface area contributed by atoms with E-state index in [0.717, 1.165) is 105 Å². The fourth-order valence-corrected chi connectivity index (χ4v) is 8.58. The van der Waals surface area contributed by atoms with Crippen LogP contribution in [-0.2, 0) is 0 Å². The average molecular weight is 776 g/mol. The second-order valence-corrected chi connectivity index (χ2v) is 15.0. The van der Waals surface area contributed by atoms with E-state index >= 15 is 0 Å². The summed E-state index contributed by atoms with van der Waals surface area (Å²) >= 11 is 3.83. The molecule has 0 saturated carbocycles. The Morgan fingerprint density at radius 3 is 2.37 bits per heavy atom. The quantitative estimate of drug-likeness (QED) is 0.0653. The number of piperidine rings is 3. The molecule has 10 nitrogen and oxygen atoms in total. The summed E-state index contributed by atoms with van der Waals surface area (Å²) in [6, 6.07) is 21.6. The van der Waals surface area contributed by atoms with E-state index in [9.17, 15) is 24.9 Å². The number of aromatic nitrogens is 1. The third-order valence-corrected chi connectivity index (χ3v) is 11.6. The Hall–Kier alpha value is -3.90. The second kappa shape index (κ2) is 18.2. The number of aromatic hydroxyl groups is 1. The van der Waals surface area contributed by atoms with E-state index < -0.39 is 18.2 Å². The molecule has 3 atom stereocenters. The van der Waals surface area contributed by atoms with Gasteiger partial charge in [0, 0.05) is 24.5 Å². The van der Waals surface area contributed by atoms with Crippen LogP contribution in [0.25, 0.3) is 10.9 Å². The number of carboxylic acid groups (broad SMARTS) is 1. The highest BCUT2D eigenvalue weighted by Crippen LogP contribution is 2.42. The van der Waals surface area contributed by atoms with E-state index in [2.05, 4.69) is 31.1 Å². The van der Waals surface area contributed by atoms with Crippen LogP contribution in [0.4, 0.5) is 4.79 Å². The third-order valence-electron chi connectivity index (χ3n) is 10.7. The molecule has 0 aliphatic carbocycles. The number of unbranched alkanes of at least 4 members (excludes halogenated alkanes) is 6. The largest absolute Gasteiger partial charge is 0.506 e. The van der Waals surface area contributed by atoms with Crippen molar-refractivity contribution in [2.45, 2.75) is 76.0 Å². The van der Waals surface area contributed by atoms with Crippen molar-refractivity contribution in [3.8, 4) is 11.5 Å². The summed E-state index contributed by atoms with van der Waals surface area (Å²) in [6.07, 6.45) is 8.02. The molecule has 3 aliphatic heterocycles. The van der Waals surface area contributed by atoms with Crippen LogP contribution >= 0.6 is 15.9 Å². The highest BCUT2D eigenvalue weighted by Gasteiger charge is 2.43. The van der Waals surface area contributed by atoms with Gasteiger partial charge in [0.2, 0.25) is 5.56 Å². The first-order chi connectivity index (χ1) is 25.3. The fourth-order valence-electron chi connectivity index (χ4n) is 7.98. The van der Waals surface area contributed by atoms with Crippen LogP contribution in [0.15, 0.2) is 82.1 Å². The number of aromatic amines is 1. The van der Waals surface area contributed by atoms with Gasteiger partial charge in [0.05, 0.1) is 34.8 Å². The molecule has 5 N–H and O–H groups in total. The normalized spacial score (nSPS) is 19.4. The predicted molar refractivity (Wildman–Crippen MR) is 207 cm³/mol. The minimum Gasteiger partial charge on any atom is -0.506 e. The lowest BCUT2D eigenvalue weighted by molar-refractivity contribution is -0.000908. The van der Waals surface area contributed by atoms with E-state index in [1.165, 1.54) is 12.1 Å². The van der Waals surface area contributed by atoms with Gasteiger partial charge in [-0.1, -0.05) is 80.6 Å². The monoisotopic (exact) mass is 774 g/mol. The zero-order valence-electron chi connectivity index (χ0n) is 29.7. The SMILES string of the molecule is O=C(O)N(C(c1ccccc1)c1cccc(OCCCCCCCCCNCC(O)c2ccc(O)c3[nH]c(=O)ccc23)c1Br)C1CN2CCC1CC2. The Kier molecular flexibility index (Phi) is 13.3. The fraction of sp³-hybridized carbons (Fsp3) is 0.463. The topological polar surface area (TPSA) is 138 Å². The van der Waals surface area contributed by atoms with Gasteiger partial charge >= 0.3 is 6.09 Å². The van der Waals surface area contributed by atoms with Gasteiger partial charge in [0.15, 0.2) is 0 Å². The van der Waals surface area contributed by atoms with E-state index in [1.54, 1.807) is 17.0 Å². The number of ether oxygens (including phenoxy) is 1. The number of aliphatic hydroxyl groups is 1. The Bertz CT molecular complexity index is 1830. The van der Waals surface area contributed by atoms with Gasteiger partial charge in [-0.2, -0.15) is 0 Å². The van der Waals surface area contributed by atoms with Crippen LogP contribution < -0.4 is 15.6 Å². The van der Waals surface area contributed by atoms with Gasteiger partial charge in [0.25, 0.3) is 0 Å². The Morgan fingerprint density at radius 1 is 0.923 bits per heavy atom. The van der Waals surface area contributed by atoms with E-state index in [0.29, 0.717) is 35.5 Å². The van der Waals surface area contributed by atoms with E-state index in [-0.39, 0.29) is 17.4 Å². The van der Waals surface area contributed by atoms with Crippen LogP contribution in [0, 0.1) is 5.92 Å². The smallest absolute Gasteiger partial charge is 0.408 e. The standard InChI is InChI=1S/C41H51BrN4O6/c42-38-32(40(29-12-7-6-8-13-29)46(41(50)51)33-27-45-23-20-28(33)21-24-45)14-11-15-36(38)52-25-10-5-3-1-2-4-9-22-43-26-35(48)30-16-18-34(47)39-31(30)17-19-37(49)44-39/h6-8,11-19,28,33,35,40,43,47-48H,1-5,9-10,20-27H2,(H,44,49)(H,50,51). The lowest BCUT2D eigenvalue weighted by atomic mass is 9.81. The van der Waals surface area contributed by atoms with E-state index in [1.807, 2.05) is 48.5 Å². The summed E-state index contributed by atoms with van der Waals surface area (Å²) in [6.45, 7) is 4.67. The molecule has 2 bridgehead atoms. The summed E-state index contributed by atoms with van der Waals surface area (Å²) in [4.78, 5) is 31.4. The number of pyridine rings is 1. The number of phenols is 1. The zero-order valence-corrected chi connectivity index (χ0v) is 31.3. The molecular formula is C41H51BrN4O6. The highest BCUT2D eigenvalue weighted by atomic mass is 79.9. The number of aliphatic hydroxyl groups excluding tert-OH is 1. The first kappa shape index (κ1) is 37.8. The van der Waals surface area contributed by atoms with Gasteiger partial charge in [0.1, 0.15) is 11.5 Å². The second-order valence-electron chi connectivity index (χ2n) is 14.2. The first-order valence-electron chi connectivity index (χ1n) is 18.7. The molecule has 3 aromatic carbocycles. The molecule has 52 heavy (non-hydrogen) atoms. The average Bonchev–Trinajstić information content (AvgIpc) is 3.16. The van der Waals surface area contributed by atoms with Crippen LogP contribution in [0.3, 0.4) is 0 Å². The Balaban J connectivity index is 0.924. The maximum atomic E-state index is 13.0. The molecule has 0 radical (unpaired) electrons. The molecule has 11 heteroatoms. The van der Waals surface area contributed by atoms with Crippen molar-refractivity contribution >= 4 is 32.9 Å². The van der Waals surface area contributed by atoms with Crippen molar-refractivity contribution in [2.24, 2.45) is 5.92 Å². The molecule has 4 heterocycles. The molecule has 3 aliphatic rings. The number of nitrogens with one attached hydrogen (secondary N) is 2. The summed E-state index contributed by atoms with van der Waals surface area (Å²) in [7, 11) is 0. The maximum absolute atomic E-state index is 13.0. The van der Waals surface area contributed by atoms with Gasteiger partial charge in [-0.25, -0.2) is 4.79 Å². The number of nitrogens with zero attached hydrogens (tertiary/aromatic N) is 2. The maximum Gasteiger partial charge on any atom is 0.408 e. The van der Waals surface area contributed by atoms with Crippen molar-refractivity contribution in [1.82, 2.24) is 20.1 Å². The van der Waals surface area contributed by atoms with Crippen LogP contribution in [0.2, 0.25) is 0 Å². The number of fused-ring (bicyclic) bond motifs is 4. The molecule has 3 unspecified atom stereocenters. The van der Waals surface area contributed by atoms with Crippen molar-refractivity contribution in [2.75, 3.05) is 39.3 Å². The molecule has 4 aromatic rings. The summed E-state index contributed by atoms with van der Waals surface area (Å²) < 4.78 is 7.09. The molecule has 0 spiro atoms. The summed E-state index contributed by atoms with van der Waals surface area (Å²) in [5.74, 6) is 1.10. The number of hydrogen-bond acceptors (Lipinski definition) is 7. The minimum absolute atomic E-state index is 0.0137. The number of carbonyl (C=O) groups is 1. The first-order valence-corrected chi connectivity index (χ1v) is 19.5. The number of benzene rings is 3. The molecule has 1 aromatic heterocycles. The zero-order chi connectivity index (χ0) is 36.5. The molecule has 1 amide bonds. The minimum atomic E-state index is -0.888. The summed E-state index contributed by atoms with van der Waals surface area (Å²) in [5, 5.41) is 35.4. The van der Waals surface area contributed by atoms with Crippen molar-refractivity contribution < 1.29 is 24.9 Å². The third kappa shape index (κ3) is 9.17.